The van der Waals surface area contributed by atoms with Crippen LogP contribution in [0, 0.1) is 5.82 Å². The molecule has 5 rings (SSSR count). The summed E-state index contributed by atoms with van der Waals surface area (Å²) in [7, 11) is 0. The number of urea groups is 1. The first kappa shape index (κ1) is 16.4. The summed E-state index contributed by atoms with van der Waals surface area (Å²) in [6.45, 7) is 6.41. The number of nitrogens with one attached hydrogen (secondary N) is 1. The smallest absolute Gasteiger partial charge is 0.318 e. The molecule has 2 aliphatic rings. The molecule has 1 fully saturated rings. The number of carbonyl (C=O) groups is 1. The third kappa shape index (κ3) is 2.30. The van der Waals surface area contributed by atoms with E-state index in [1.165, 1.54) is 34.3 Å². The lowest BCUT2D eigenvalue weighted by molar-refractivity contribution is 0.159. The molecule has 3 heterocycles. The van der Waals surface area contributed by atoms with Gasteiger partial charge >= 0.3 is 6.03 Å². The van der Waals surface area contributed by atoms with Gasteiger partial charge in [-0.05, 0) is 29.3 Å². The first-order valence-corrected chi connectivity index (χ1v) is 9.36. The molecule has 0 spiro atoms. The Morgan fingerprint density at radius 2 is 1.89 bits per heavy atom. The maximum absolute atomic E-state index is 13.3. The largest absolute Gasteiger partial charge is 0.338 e. The van der Waals surface area contributed by atoms with Gasteiger partial charge in [0.25, 0.3) is 0 Å². The first-order valence-electron chi connectivity index (χ1n) is 9.36. The van der Waals surface area contributed by atoms with Crippen molar-refractivity contribution in [3.8, 4) is 0 Å². The van der Waals surface area contributed by atoms with Crippen molar-refractivity contribution in [2.24, 2.45) is 0 Å². The molecule has 4 nitrogen and oxygen atoms in total. The SMILES string of the molecule is CC1(C)c2c(n(Cc3ccc(F)cc3)c3ccccc23)CN2C(=O)NCC21. The summed E-state index contributed by atoms with van der Waals surface area (Å²) in [4.78, 5) is 14.4. The monoisotopic (exact) mass is 363 g/mol. The highest BCUT2D eigenvalue weighted by Crippen LogP contribution is 2.45. The summed E-state index contributed by atoms with van der Waals surface area (Å²) in [5, 5.41) is 4.25. The fourth-order valence-corrected chi connectivity index (χ4v) is 4.88. The minimum Gasteiger partial charge on any atom is -0.338 e. The number of carbonyl (C=O) groups excluding carboxylic acids is 1. The minimum absolute atomic E-state index is 0.0114. The molecular formula is C22H22FN3O. The molecule has 0 saturated carbocycles. The van der Waals surface area contributed by atoms with E-state index in [0.29, 0.717) is 19.6 Å². The van der Waals surface area contributed by atoms with Crippen molar-refractivity contribution < 1.29 is 9.18 Å². The molecule has 5 heteroatoms. The van der Waals surface area contributed by atoms with E-state index >= 15 is 0 Å². The van der Waals surface area contributed by atoms with Crippen molar-refractivity contribution in [2.75, 3.05) is 6.54 Å². The molecule has 27 heavy (non-hydrogen) atoms. The highest BCUT2D eigenvalue weighted by molar-refractivity contribution is 5.88. The lowest BCUT2D eigenvalue weighted by Crippen LogP contribution is -2.50. The van der Waals surface area contributed by atoms with Crippen LogP contribution in [0.4, 0.5) is 9.18 Å². The van der Waals surface area contributed by atoms with E-state index in [4.69, 9.17) is 0 Å². The molecule has 2 aromatic carbocycles. The standard InChI is InChI=1S/C22H22FN3O/c1-22(2)19-11-24-21(27)26(19)13-18-20(22)16-5-3-4-6-17(16)25(18)12-14-7-9-15(23)10-8-14/h3-10,19H,11-13H2,1-2H3,(H,24,27). The molecule has 0 radical (unpaired) electrons. The van der Waals surface area contributed by atoms with Crippen LogP contribution in [0.1, 0.15) is 30.7 Å². The zero-order valence-corrected chi connectivity index (χ0v) is 15.5. The molecule has 0 bridgehead atoms. The van der Waals surface area contributed by atoms with Gasteiger partial charge in [-0.1, -0.05) is 44.2 Å². The van der Waals surface area contributed by atoms with Crippen LogP contribution in [0.2, 0.25) is 0 Å². The van der Waals surface area contributed by atoms with Crippen LogP contribution < -0.4 is 5.32 Å². The maximum atomic E-state index is 13.3. The van der Waals surface area contributed by atoms with Gasteiger partial charge in [0, 0.05) is 35.1 Å². The highest BCUT2D eigenvalue weighted by Gasteiger charge is 2.48. The van der Waals surface area contributed by atoms with Crippen molar-refractivity contribution in [2.45, 2.75) is 38.4 Å². The number of hydrogen-bond acceptors (Lipinski definition) is 1. The van der Waals surface area contributed by atoms with Crippen molar-refractivity contribution in [3.05, 3.63) is 71.2 Å². The van der Waals surface area contributed by atoms with Gasteiger partial charge in [-0.15, -0.1) is 0 Å². The second-order valence-corrected chi connectivity index (χ2v) is 8.10. The number of halogens is 1. The lowest BCUT2D eigenvalue weighted by atomic mass is 9.73. The fourth-order valence-electron chi connectivity index (χ4n) is 4.88. The Balaban J connectivity index is 1.72. The Morgan fingerprint density at radius 3 is 2.67 bits per heavy atom. The van der Waals surface area contributed by atoms with E-state index < -0.39 is 0 Å². The van der Waals surface area contributed by atoms with Crippen molar-refractivity contribution in [1.29, 1.82) is 0 Å². The Labute approximate surface area is 157 Å². The molecule has 1 unspecified atom stereocenters. The number of rotatable bonds is 2. The van der Waals surface area contributed by atoms with Gasteiger partial charge in [0.1, 0.15) is 5.82 Å². The Morgan fingerprint density at radius 1 is 1.15 bits per heavy atom. The molecule has 138 valence electrons. The summed E-state index contributed by atoms with van der Waals surface area (Å²) in [6.07, 6.45) is 0. The topological polar surface area (TPSA) is 37.3 Å². The Kier molecular flexibility index (Phi) is 3.39. The molecule has 1 saturated heterocycles. The number of hydrogen-bond donors (Lipinski definition) is 1. The van der Waals surface area contributed by atoms with E-state index in [0.717, 1.165) is 5.56 Å². The van der Waals surface area contributed by atoms with Crippen molar-refractivity contribution >= 4 is 16.9 Å². The first-order chi connectivity index (χ1) is 13.0. The summed E-state index contributed by atoms with van der Waals surface area (Å²) in [5.74, 6) is -0.226. The predicted molar refractivity (Wildman–Crippen MR) is 103 cm³/mol. The number of fused-ring (bicyclic) bond motifs is 4. The third-order valence-corrected chi connectivity index (χ3v) is 6.21. The lowest BCUT2D eigenvalue weighted by Gasteiger charge is -2.42. The van der Waals surface area contributed by atoms with Crippen LogP contribution in [-0.4, -0.2) is 28.1 Å². The normalized spacial score (nSPS) is 20.5. The predicted octanol–water partition coefficient (Wildman–Crippen LogP) is 4.01. The Bertz CT molecular complexity index is 1050. The molecule has 3 aromatic rings. The highest BCUT2D eigenvalue weighted by atomic mass is 19.1. The van der Waals surface area contributed by atoms with E-state index in [1.807, 2.05) is 17.0 Å². The summed E-state index contributed by atoms with van der Waals surface area (Å²) in [5.41, 5.74) is 4.57. The zero-order chi connectivity index (χ0) is 18.8. The van der Waals surface area contributed by atoms with Crippen LogP contribution in [0.3, 0.4) is 0 Å². The summed E-state index contributed by atoms with van der Waals surface area (Å²) < 4.78 is 15.6. The third-order valence-electron chi connectivity index (χ3n) is 6.21. The number of amides is 2. The summed E-state index contributed by atoms with van der Waals surface area (Å²) in [6, 6.07) is 15.3. The van der Waals surface area contributed by atoms with E-state index in [-0.39, 0.29) is 23.3 Å². The van der Waals surface area contributed by atoms with Gasteiger partial charge in [-0.2, -0.15) is 0 Å². The van der Waals surface area contributed by atoms with Crippen LogP contribution in [0.15, 0.2) is 48.5 Å². The van der Waals surface area contributed by atoms with E-state index in [1.54, 1.807) is 0 Å². The van der Waals surface area contributed by atoms with Gasteiger partial charge in [-0.3, -0.25) is 0 Å². The quantitative estimate of drug-likeness (QED) is 0.734. The molecular weight excluding hydrogens is 341 g/mol. The second-order valence-electron chi connectivity index (χ2n) is 8.10. The molecule has 2 aliphatic heterocycles. The van der Waals surface area contributed by atoms with Crippen LogP contribution in [0.25, 0.3) is 10.9 Å². The molecule has 2 amide bonds. The molecule has 1 atom stereocenters. The van der Waals surface area contributed by atoms with Crippen molar-refractivity contribution in [3.63, 3.8) is 0 Å². The van der Waals surface area contributed by atoms with Gasteiger partial charge in [-0.25, -0.2) is 9.18 Å². The van der Waals surface area contributed by atoms with Gasteiger partial charge in [0.15, 0.2) is 0 Å². The summed E-state index contributed by atoms with van der Waals surface area (Å²) >= 11 is 0. The van der Waals surface area contributed by atoms with Crippen LogP contribution in [-0.2, 0) is 18.5 Å². The maximum Gasteiger partial charge on any atom is 0.318 e. The van der Waals surface area contributed by atoms with Gasteiger partial charge in [0.05, 0.1) is 12.6 Å². The Hall–Kier alpha value is -2.82. The van der Waals surface area contributed by atoms with Crippen LogP contribution >= 0.6 is 0 Å². The van der Waals surface area contributed by atoms with E-state index in [2.05, 4.69) is 48.0 Å². The van der Waals surface area contributed by atoms with Crippen molar-refractivity contribution in [1.82, 2.24) is 14.8 Å². The average molecular weight is 363 g/mol. The number of aromatic nitrogens is 1. The van der Waals surface area contributed by atoms with E-state index in [9.17, 15) is 9.18 Å². The molecule has 1 N–H and O–H groups in total. The second kappa shape index (κ2) is 5.59. The zero-order valence-electron chi connectivity index (χ0n) is 15.5. The van der Waals surface area contributed by atoms with Gasteiger partial charge in [0.2, 0.25) is 0 Å². The molecule has 0 aliphatic carbocycles. The molecule has 1 aromatic heterocycles. The average Bonchev–Trinajstić information content (AvgIpc) is 3.17. The fraction of sp³-hybridized carbons (Fsp3) is 0.318. The minimum atomic E-state index is -0.226. The van der Waals surface area contributed by atoms with Crippen LogP contribution in [0.5, 0.6) is 0 Å². The number of benzene rings is 2. The number of nitrogens with zero attached hydrogens (tertiary/aromatic N) is 2. The van der Waals surface area contributed by atoms with Gasteiger partial charge < -0.3 is 14.8 Å². The number of para-hydroxylation sites is 1.